The number of fused-ring (bicyclic) bond motifs is 3. The maximum atomic E-state index is 6.32. The average molecular weight is 315 g/mol. The van der Waals surface area contributed by atoms with Crippen LogP contribution >= 0.6 is 12.6 Å². The highest BCUT2D eigenvalue weighted by molar-refractivity contribution is 7.80. The fourth-order valence-corrected chi connectivity index (χ4v) is 3.27. The lowest BCUT2D eigenvalue weighted by molar-refractivity contribution is 1.47. The molecule has 0 aliphatic rings. The molecule has 0 aliphatic carbocycles. The molecule has 0 atom stereocenters. The van der Waals surface area contributed by atoms with Crippen LogP contribution in [0.3, 0.4) is 0 Å². The highest BCUT2D eigenvalue weighted by atomic mass is 32.1. The summed E-state index contributed by atoms with van der Waals surface area (Å²) in [6.45, 7) is 2.10. The molecule has 112 valence electrons. The fraction of sp³-hybridized carbons (Fsp3) is 0.0476. The molecule has 2 heteroatoms. The number of nitrogen functional groups attached to an aromatic ring is 1. The lowest BCUT2D eigenvalue weighted by atomic mass is 9.96. The van der Waals surface area contributed by atoms with Crippen LogP contribution in [0.25, 0.3) is 32.7 Å². The van der Waals surface area contributed by atoms with E-state index in [1.807, 2.05) is 6.07 Å². The molecule has 0 unspecified atom stereocenters. The molecule has 0 fully saturated rings. The predicted molar refractivity (Wildman–Crippen MR) is 103 cm³/mol. The monoisotopic (exact) mass is 315 g/mol. The third-order valence-electron chi connectivity index (χ3n) is 4.40. The molecule has 4 aromatic rings. The van der Waals surface area contributed by atoms with Crippen molar-refractivity contribution in [1.82, 2.24) is 0 Å². The van der Waals surface area contributed by atoms with Crippen molar-refractivity contribution in [3.8, 4) is 11.1 Å². The Morgan fingerprint density at radius 3 is 2.13 bits per heavy atom. The van der Waals surface area contributed by atoms with Gasteiger partial charge in [0.1, 0.15) is 0 Å². The highest BCUT2D eigenvalue weighted by Crippen LogP contribution is 2.35. The molecule has 0 amide bonds. The standard InChI is InChI=1S/C21H17NS/c1-13-2-4-14(5-3-13)17-9-7-15-6-8-16-10-11-19(23)21(22)20(16)18(15)12-17/h2-12,23H,22H2,1H3. The van der Waals surface area contributed by atoms with E-state index in [0.717, 1.165) is 21.4 Å². The van der Waals surface area contributed by atoms with Crippen molar-refractivity contribution in [2.75, 3.05) is 5.73 Å². The summed E-state index contributed by atoms with van der Waals surface area (Å²) in [6.07, 6.45) is 0. The van der Waals surface area contributed by atoms with Gasteiger partial charge in [-0.3, -0.25) is 0 Å². The first-order valence-electron chi connectivity index (χ1n) is 7.64. The Balaban J connectivity index is 2.05. The summed E-state index contributed by atoms with van der Waals surface area (Å²) in [7, 11) is 0. The Morgan fingerprint density at radius 2 is 1.35 bits per heavy atom. The number of hydrogen-bond donors (Lipinski definition) is 2. The first-order chi connectivity index (χ1) is 11.1. The van der Waals surface area contributed by atoms with Crippen molar-refractivity contribution < 1.29 is 0 Å². The van der Waals surface area contributed by atoms with E-state index in [1.54, 1.807) is 0 Å². The highest BCUT2D eigenvalue weighted by Gasteiger charge is 2.08. The molecule has 0 saturated carbocycles. The summed E-state index contributed by atoms with van der Waals surface area (Å²) in [6, 6.07) is 23.5. The van der Waals surface area contributed by atoms with Gasteiger partial charge in [-0.2, -0.15) is 0 Å². The lowest BCUT2D eigenvalue weighted by Crippen LogP contribution is -1.90. The lowest BCUT2D eigenvalue weighted by Gasteiger charge is -2.11. The van der Waals surface area contributed by atoms with Gasteiger partial charge in [0.15, 0.2) is 0 Å². The summed E-state index contributed by atoms with van der Waals surface area (Å²) in [5.41, 5.74) is 10.8. The summed E-state index contributed by atoms with van der Waals surface area (Å²) >= 11 is 4.48. The minimum Gasteiger partial charge on any atom is -0.397 e. The van der Waals surface area contributed by atoms with Crippen LogP contribution in [0.4, 0.5) is 5.69 Å². The van der Waals surface area contributed by atoms with E-state index in [-0.39, 0.29) is 0 Å². The van der Waals surface area contributed by atoms with Crippen LogP contribution in [0.2, 0.25) is 0 Å². The third-order valence-corrected chi connectivity index (χ3v) is 4.79. The Hall–Kier alpha value is -2.45. The molecule has 0 heterocycles. The molecule has 4 aromatic carbocycles. The predicted octanol–water partition coefficient (Wildman–Crippen LogP) is 5.84. The van der Waals surface area contributed by atoms with E-state index < -0.39 is 0 Å². The number of benzene rings is 4. The van der Waals surface area contributed by atoms with Crippen molar-refractivity contribution in [2.24, 2.45) is 0 Å². The van der Waals surface area contributed by atoms with Gasteiger partial charge in [0, 0.05) is 10.3 Å². The van der Waals surface area contributed by atoms with Gasteiger partial charge in [0.2, 0.25) is 0 Å². The molecule has 0 saturated heterocycles. The summed E-state index contributed by atoms with van der Waals surface area (Å²) in [5, 5.41) is 4.60. The van der Waals surface area contributed by atoms with Gasteiger partial charge in [-0.25, -0.2) is 0 Å². The average Bonchev–Trinajstić information content (AvgIpc) is 2.58. The topological polar surface area (TPSA) is 26.0 Å². The van der Waals surface area contributed by atoms with Gasteiger partial charge in [-0.15, -0.1) is 12.6 Å². The molecule has 0 bridgehead atoms. The second-order valence-electron chi connectivity index (χ2n) is 5.96. The zero-order valence-electron chi connectivity index (χ0n) is 12.9. The first kappa shape index (κ1) is 14.2. The van der Waals surface area contributed by atoms with Gasteiger partial charge < -0.3 is 5.73 Å². The zero-order chi connectivity index (χ0) is 16.0. The second kappa shape index (κ2) is 5.32. The van der Waals surface area contributed by atoms with Crippen molar-refractivity contribution in [2.45, 2.75) is 11.8 Å². The molecule has 4 rings (SSSR count). The summed E-state index contributed by atoms with van der Waals surface area (Å²) < 4.78 is 0. The molecule has 1 nitrogen and oxygen atoms in total. The van der Waals surface area contributed by atoms with Crippen LogP contribution < -0.4 is 5.73 Å². The number of thiol groups is 1. The minimum atomic E-state index is 0.748. The SMILES string of the molecule is Cc1ccc(-c2ccc3ccc4ccc(S)c(N)c4c3c2)cc1. The number of aryl methyl sites for hydroxylation is 1. The summed E-state index contributed by atoms with van der Waals surface area (Å²) in [4.78, 5) is 0.825. The van der Waals surface area contributed by atoms with Crippen molar-refractivity contribution >= 4 is 39.9 Å². The maximum absolute atomic E-state index is 6.32. The van der Waals surface area contributed by atoms with Crippen molar-refractivity contribution in [3.63, 3.8) is 0 Å². The summed E-state index contributed by atoms with van der Waals surface area (Å²) in [5.74, 6) is 0. The van der Waals surface area contributed by atoms with Gasteiger partial charge in [-0.05, 0) is 46.3 Å². The van der Waals surface area contributed by atoms with Crippen LogP contribution in [0.5, 0.6) is 0 Å². The van der Waals surface area contributed by atoms with Gasteiger partial charge in [0.25, 0.3) is 0 Å². The third kappa shape index (κ3) is 2.36. The number of rotatable bonds is 1. The Bertz CT molecular complexity index is 1030. The molecule has 0 aromatic heterocycles. The molecule has 0 radical (unpaired) electrons. The van der Waals surface area contributed by atoms with E-state index in [4.69, 9.17) is 5.73 Å². The Labute approximate surface area is 141 Å². The van der Waals surface area contributed by atoms with Crippen molar-refractivity contribution in [1.29, 1.82) is 0 Å². The van der Waals surface area contributed by atoms with Crippen LogP contribution in [-0.4, -0.2) is 0 Å². The normalized spacial score (nSPS) is 11.2. The van der Waals surface area contributed by atoms with Crippen LogP contribution in [0, 0.1) is 6.92 Å². The maximum Gasteiger partial charge on any atom is 0.0535 e. The van der Waals surface area contributed by atoms with Crippen LogP contribution in [0.1, 0.15) is 5.56 Å². The van der Waals surface area contributed by atoms with E-state index in [0.29, 0.717) is 0 Å². The molecule has 0 aliphatic heterocycles. The van der Waals surface area contributed by atoms with Gasteiger partial charge in [0.05, 0.1) is 5.69 Å². The van der Waals surface area contributed by atoms with Crippen LogP contribution in [0.15, 0.2) is 71.6 Å². The van der Waals surface area contributed by atoms with E-state index in [9.17, 15) is 0 Å². The number of hydrogen-bond acceptors (Lipinski definition) is 2. The van der Waals surface area contributed by atoms with Crippen molar-refractivity contribution in [3.05, 3.63) is 72.3 Å². The van der Waals surface area contributed by atoms with Gasteiger partial charge >= 0.3 is 0 Å². The van der Waals surface area contributed by atoms with E-state index in [1.165, 1.54) is 27.5 Å². The number of nitrogens with two attached hydrogens (primary N) is 1. The second-order valence-corrected chi connectivity index (χ2v) is 6.45. The van der Waals surface area contributed by atoms with E-state index >= 15 is 0 Å². The van der Waals surface area contributed by atoms with E-state index in [2.05, 4.69) is 80.2 Å². The fourth-order valence-electron chi connectivity index (χ4n) is 3.09. The zero-order valence-corrected chi connectivity index (χ0v) is 13.8. The Kier molecular flexibility index (Phi) is 3.28. The van der Waals surface area contributed by atoms with Gasteiger partial charge in [-0.1, -0.05) is 60.2 Å². The largest absolute Gasteiger partial charge is 0.397 e. The molecular weight excluding hydrogens is 298 g/mol. The number of anilines is 1. The molecular formula is C21H17NS. The minimum absolute atomic E-state index is 0.748. The Morgan fingerprint density at radius 1 is 0.739 bits per heavy atom. The molecule has 0 spiro atoms. The quantitative estimate of drug-likeness (QED) is 0.257. The molecule has 2 N–H and O–H groups in total. The first-order valence-corrected chi connectivity index (χ1v) is 8.09. The molecule has 23 heavy (non-hydrogen) atoms. The smallest absolute Gasteiger partial charge is 0.0535 e. The van der Waals surface area contributed by atoms with Crippen LogP contribution in [-0.2, 0) is 0 Å².